The number of amides is 1. The van der Waals surface area contributed by atoms with Crippen LogP contribution in [-0.2, 0) is 10.0 Å². The maximum atomic E-state index is 12.4. The van der Waals surface area contributed by atoms with E-state index in [0.717, 1.165) is 12.0 Å². The van der Waals surface area contributed by atoms with Crippen LogP contribution < -0.4 is 19.1 Å². The number of nitrogens with one attached hydrogen (secondary N) is 1. The van der Waals surface area contributed by atoms with E-state index in [0.29, 0.717) is 23.6 Å². The number of carbonyl (C=O) groups excluding carboxylic acids is 1. The fourth-order valence-corrected chi connectivity index (χ4v) is 3.45. The molecule has 0 aromatic heterocycles. The maximum absolute atomic E-state index is 12.4. The molecule has 2 aromatic rings. The minimum Gasteiger partial charge on any atom is -0.497 e. The monoisotopic (exact) mass is 418 g/mol. The molecule has 29 heavy (non-hydrogen) atoms. The Labute approximate surface area is 172 Å². The first-order chi connectivity index (χ1) is 13.7. The molecule has 0 unspecified atom stereocenters. The van der Waals surface area contributed by atoms with Crippen LogP contribution >= 0.6 is 0 Å². The van der Waals surface area contributed by atoms with Crippen molar-refractivity contribution in [3.8, 4) is 11.5 Å². The van der Waals surface area contributed by atoms with Crippen molar-refractivity contribution in [2.45, 2.75) is 13.0 Å². The van der Waals surface area contributed by atoms with E-state index < -0.39 is 10.0 Å². The van der Waals surface area contributed by atoms with E-state index in [-0.39, 0.29) is 18.5 Å². The SMILES string of the molecule is C=CCN(c1ccc(C(=O)N[C@H](C)COc2ccc(OC)cc2)cc1)S(C)(=O)=O. The number of hydrogen-bond acceptors (Lipinski definition) is 5. The molecule has 156 valence electrons. The summed E-state index contributed by atoms with van der Waals surface area (Å²) in [5.74, 6) is 1.15. The van der Waals surface area contributed by atoms with E-state index in [4.69, 9.17) is 9.47 Å². The second-order valence-electron chi connectivity index (χ2n) is 6.49. The zero-order chi connectivity index (χ0) is 21.4. The van der Waals surface area contributed by atoms with Gasteiger partial charge in [-0.1, -0.05) is 6.08 Å². The highest BCUT2D eigenvalue weighted by molar-refractivity contribution is 7.92. The number of anilines is 1. The predicted molar refractivity (Wildman–Crippen MR) is 114 cm³/mol. The van der Waals surface area contributed by atoms with Crippen molar-refractivity contribution in [2.75, 3.05) is 30.8 Å². The van der Waals surface area contributed by atoms with Gasteiger partial charge in [-0.2, -0.15) is 0 Å². The number of sulfonamides is 1. The molecule has 2 rings (SSSR count). The largest absolute Gasteiger partial charge is 0.497 e. The first-order valence-corrected chi connectivity index (χ1v) is 10.9. The maximum Gasteiger partial charge on any atom is 0.251 e. The normalized spacial score (nSPS) is 12.0. The van der Waals surface area contributed by atoms with Gasteiger partial charge in [-0.25, -0.2) is 8.42 Å². The van der Waals surface area contributed by atoms with Crippen LogP contribution in [0.4, 0.5) is 5.69 Å². The first kappa shape index (κ1) is 22.3. The summed E-state index contributed by atoms with van der Waals surface area (Å²) in [6.45, 7) is 5.88. The van der Waals surface area contributed by atoms with Gasteiger partial charge in [-0.05, 0) is 55.5 Å². The predicted octanol–water partition coefficient (Wildman–Crippen LogP) is 2.84. The Kier molecular flexibility index (Phi) is 7.67. The average Bonchev–Trinajstić information content (AvgIpc) is 2.70. The van der Waals surface area contributed by atoms with Crippen LogP contribution in [0.3, 0.4) is 0 Å². The molecule has 0 aliphatic heterocycles. The zero-order valence-electron chi connectivity index (χ0n) is 16.8. The first-order valence-electron chi connectivity index (χ1n) is 9.01. The highest BCUT2D eigenvalue weighted by Gasteiger charge is 2.17. The Morgan fingerprint density at radius 2 is 1.72 bits per heavy atom. The summed E-state index contributed by atoms with van der Waals surface area (Å²) in [5, 5.41) is 2.86. The molecule has 1 amide bonds. The van der Waals surface area contributed by atoms with Gasteiger partial charge in [-0.15, -0.1) is 6.58 Å². The number of rotatable bonds is 10. The Morgan fingerprint density at radius 3 is 2.24 bits per heavy atom. The highest BCUT2D eigenvalue weighted by Crippen LogP contribution is 2.19. The number of carbonyl (C=O) groups is 1. The van der Waals surface area contributed by atoms with Crippen molar-refractivity contribution < 1.29 is 22.7 Å². The van der Waals surface area contributed by atoms with Crippen molar-refractivity contribution in [1.29, 1.82) is 0 Å². The van der Waals surface area contributed by atoms with Crippen molar-refractivity contribution in [2.24, 2.45) is 0 Å². The molecule has 1 N–H and O–H groups in total. The molecule has 0 aliphatic rings. The minimum absolute atomic E-state index is 0.157. The van der Waals surface area contributed by atoms with Gasteiger partial charge in [-0.3, -0.25) is 9.10 Å². The Morgan fingerprint density at radius 1 is 1.14 bits per heavy atom. The summed E-state index contributed by atoms with van der Waals surface area (Å²) in [6.07, 6.45) is 2.63. The van der Waals surface area contributed by atoms with Crippen LogP contribution in [0.25, 0.3) is 0 Å². The highest BCUT2D eigenvalue weighted by atomic mass is 32.2. The van der Waals surface area contributed by atoms with Crippen LogP contribution in [0.15, 0.2) is 61.2 Å². The Hall–Kier alpha value is -3.00. The number of nitrogens with zero attached hydrogens (tertiary/aromatic N) is 1. The zero-order valence-corrected chi connectivity index (χ0v) is 17.6. The molecule has 0 aliphatic carbocycles. The summed E-state index contributed by atoms with van der Waals surface area (Å²) in [5.41, 5.74) is 0.900. The lowest BCUT2D eigenvalue weighted by Gasteiger charge is -2.21. The Balaban J connectivity index is 1.94. The van der Waals surface area contributed by atoms with Crippen molar-refractivity contribution >= 4 is 21.6 Å². The molecular formula is C21H26N2O5S. The van der Waals surface area contributed by atoms with Crippen molar-refractivity contribution in [3.63, 3.8) is 0 Å². The topological polar surface area (TPSA) is 84.9 Å². The van der Waals surface area contributed by atoms with E-state index in [2.05, 4.69) is 11.9 Å². The average molecular weight is 419 g/mol. The molecule has 2 aromatic carbocycles. The summed E-state index contributed by atoms with van der Waals surface area (Å²) in [6, 6.07) is 13.3. The second-order valence-corrected chi connectivity index (χ2v) is 8.40. The lowest BCUT2D eigenvalue weighted by molar-refractivity contribution is 0.0926. The second kappa shape index (κ2) is 9.97. The lowest BCUT2D eigenvalue weighted by Crippen LogP contribution is -2.36. The number of methoxy groups -OCH3 is 1. The lowest BCUT2D eigenvalue weighted by atomic mass is 10.2. The molecule has 7 nitrogen and oxygen atoms in total. The van der Waals surface area contributed by atoms with E-state index in [1.807, 2.05) is 6.92 Å². The fourth-order valence-electron chi connectivity index (χ4n) is 2.57. The third-order valence-electron chi connectivity index (χ3n) is 4.05. The van der Waals surface area contributed by atoms with Crippen LogP contribution in [-0.4, -0.2) is 46.9 Å². The van der Waals surface area contributed by atoms with Crippen molar-refractivity contribution in [3.05, 3.63) is 66.7 Å². The Bertz CT molecular complexity index is 925. The van der Waals surface area contributed by atoms with Crippen LogP contribution in [0.5, 0.6) is 11.5 Å². The number of hydrogen-bond donors (Lipinski definition) is 1. The van der Waals surface area contributed by atoms with Crippen LogP contribution in [0, 0.1) is 0 Å². The molecule has 0 fully saturated rings. The van der Waals surface area contributed by atoms with E-state index in [1.165, 1.54) is 10.4 Å². The quantitative estimate of drug-likeness (QED) is 0.600. The summed E-state index contributed by atoms with van der Waals surface area (Å²) < 4.78 is 35.8. The molecule has 0 heterocycles. The van der Waals surface area contributed by atoms with E-state index in [1.54, 1.807) is 55.6 Å². The molecule has 1 atom stereocenters. The third kappa shape index (κ3) is 6.53. The third-order valence-corrected chi connectivity index (χ3v) is 5.21. The van der Waals surface area contributed by atoms with Crippen molar-refractivity contribution in [1.82, 2.24) is 5.32 Å². The summed E-state index contributed by atoms with van der Waals surface area (Å²) in [4.78, 5) is 12.4. The number of benzene rings is 2. The van der Waals surface area contributed by atoms with Gasteiger partial charge in [0.25, 0.3) is 5.91 Å². The summed E-state index contributed by atoms with van der Waals surface area (Å²) >= 11 is 0. The molecule has 0 spiro atoms. The minimum atomic E-state index is -3.43. The fraction of sp³-hybridized carbons (Fsp3) is 0.286. The standard InChI is InChI=1S/C21H26N2O5S/c1-5-14-23(29(4,25)26)18-8-6-17(7-9-18)21(24)22-16(2)15-28-20-12-10-19(27-3)11-13-20/h5-13,16H,1,14-15H2,2-4H3,(H,22,24)/t16-/m1/s1. The molecular weight excluding hydrogens is 392 g/mol. The smallest absolute Gasteiger partial charge is 0.251 e. The van der Waals surface area contributed by atoms with Gasteiger partial charge >= 0.3 is 0 Å². The van der Waals surface area contributed by atoms with Gasteiger partial charge in [0.2, 0.25) is 10.0 Å². The molecule has 8 heteroatoms. The number of ether oxygens (including phenoxy) is 2. The molecule has 0 bridgehead atoms. The van der Waals surface area contributed by atoms with E-state index in [9.17, 15) is 13.2 Å². The van der Waals surface area contributed by atoms with Gasteiger partial charge < -0.3 is 14.8 Å². The molecule has 0 radical (unpaired) electrons. The van der Waals surface area contributed by atoms with Gasteiger partial charge in [0.05, 0.1) is 31.6 Å². The molecule has 0 saturated heterocycles. The van der Waals surface area contributed by atoms with Crippen LogP contribution in [0.1, 0.15) is 17.3 Å². The molecule has 0 saturated carbocycles. The van der Waals surface area contributed by atoms with E-state index >= 15 is 0 Å². The van der Waals surface area contributed by atoms with Crippen LogP contribution in [0.2, 0.25) is 0 Å². The van der Waals surface area contributed by atoms with Gasteiger partial charge in [0, 0.05) is 5.56 Å². The summed E-state index contributed by atoms with van der Waals surface area (Å²) in [7, 11) is -1.84. The van der Waals surface area contributed by atoms with Gasteiger partial charge in [0.1, 0.15) is 18.1 Å². The van der Waals surface area contributed by atoms with Gasteiger partial charge in [0.15, 0.2) is 0 Å².